The largest absolute Gasteiger partial charge is 0.481 e. The molecule has 0 aromatic carbocycles. The van der Waals surface area contributed by atoms with Crippen molar-refractivity contribution in [3.8, 4) is 22.8 Å². The van der Waals surface area contributed by atoms with Gasteiger partial charge in [0.25, 0.3) is 0 Å². The lowest BCUT2D eigenvalue weighted by molar-refractivity contribution is -0.141. The average molecular weight is 837 g/mol. The zero-order valence-electron chi connectivity index (χ0n) is 33.5. The minimum Gasteiger partial charge on any atom is -0.481 e. The number of nitrogens with zero attached hydrogens (tertiary/aromatic N) is 6. The number of hydrogen-bond donors (Lipinski definition) is 5. The molecule has 2 aliphatic carbocycles. The van der Waals surface area contributed by atoms with Crippen LogP contribution in [-0.4, -0.2) is 76.1 Å². The number of H-pyrrole nitrogens is 2. The number of carbonyl (C=O) groups is 2. The van der Waals surface area contributed by atoms with E-state index < -0.39 is 35.3 Å². The number of aromatic nitrogens is 8. The molecular weight excluding hydrogens is 785 g/mol. The minimum absolute atomic E-state index is 0. The molecule has 6 heterocycles. The van der Waals surface area contributed by atoms with Crippen LogP contribution in [0.4, 0.5) is 29.2 Å². The molecular formula is C42H52F4N10O4. The number of carboxylic acid groups (broad SMARTS) is 1. The van der Waals surface area contributed by atoms with E-state index in [1.165, 1.54) is 19.2 Å². The van der Waals surface area contributed by atoms with Crippen molar-refractivity contribution in [1.82, 2.24) is 39.9 Å². The van der Waals surface area contributed by atoms with E-state index in [4.69, 9.17) is 9.84 Å². The fourth-order valence-electron chi connectivity index (χ4n) is 6.68. The van der Waals surface area contributed by atoms with Gasteiger partial charge >= 0.3 is 11.9 Å². The third kappa shape index (κ3) is 11.1. The van der Waals surface area contributed by atoms with Crippen molar-refractivity contribution in [3.63, 3.8) is 0 Å². The molecule has 2 saturated carbocycles. The molecule has 322 valence electrons. The van der Waals surface area contributed by atoms with E-state index in [0.717, 1.165) is 63.3 Å². The first-order chi connectivity index (χ1) is 28.6. The summed E-state index contributed by atoms with van der Waals surface area (Å²) in [6.07, 6.45) is 13.3. The van der Waals surface area contributed by atoms with E-state index in [9.17, 15) is 27.2 Å². The fraction of sp³-hybridized carbons (Fsp3) is 0.429. The van der Waals surface area contributed by atoms with Crippen LogP contribution >= 0.6 is 0 Å². The summed E-state index contributed by atoms with van der Waals surface area (Å²) in [5, 5.41) is 16.1. The molecule has 2 atom stereocenters. The second-order valence-corrected chi connectivity index (χ2v) is 13.5. The molecule has 0 spiro atoms. The number of aromatic amines is 2. The van der Waals surface area contributed by atoms with E-state index in [1.807, 2.05) is 27.7 Å². The van der Waals surface area contributed by atoms with Gasteiger partial charge in [-0.1, -0.05) is 48.0 Å². The van der Waals surface area contributed by atoms with Gasteiger partial charge in [0.15, 0.2) is 34.9 Å². The number of ether oxygens (including phenoxy) is 1. The molecule has 6 aromatic heterocycles. The van der Waals surface area contributed by atoms with Gasteiger partial charge in [0.1, 0.15) is 22.9 Å². The summed E-state index contributed by atoms with van der Waals surface area (Å²) in [5.41, 5.74) is 1.95. The van der Waals surface area contributed by atoms with E-state index in [-0.39, 0.29) is 67.4 Å². The number of hydrogen-bond acceptors (Lipinski definition) is 11. The van der Waals surface area contributed by atoms with Crippen molar-refractivity contribution in [1.29, 1.82) is 0 Å². The lowest BCUT2D eigenvalue weighted by Crippen LogP contribution is -2.36. The first-order valence-corrected chi connectivity index (χ1v) is 19.7. The molecule has 60 heavy (non-hydrogen) atoms. The quantitative estimate of drug-likeness (QED) is 0.0579. The minimum atomic E-state index is -0.952. The number of esters is 1. The van der Waals surface area contributed by atoms with Gasteiger partial charge in [0, 0.05) is 46.4 Å². The van der Waals surface area contributed by atoms with Gasteiger partial charge in [0.2, 0.25) is 0 Å². The number of halogens is 4. The van der Waals surface area contributed by atoms with Crippen LogP contribution in [0.25, 0.3) is 44.8 Å². The molecule has 0 radical (unpaired) electrons. The lowest BCUT2D eigenvalue weighted by atomic mass is 9.78. The third-order valence-electron chi connectivity index (χ3n) is 10.1. The second kappa shape index (κ2) is 21.7. The van der Waals surface area contributed by atoms with Crippen molar-refractivity contribution < 1.29 is 37.0 Å². The van der Waals surface area contributed by atoms with Crippen molar-refractivity contribution in [3.05, 3.63) is 72.6 Å². The summed E-state index contributed by atoms with van der Waals surface area (Å²) in [6, 6.07) is 1.94. The number of aliphatic carboxylic acids is 1. The first-order valence-electron chi connectivity index (χ1n) is 19.7. The Hall–Kier alpha value is -6.20. The molecule has 8 rings (SSSR count). The molecule has 2 fully saturated rings. The predicted octanol–water partition coefficient (Wildman–Crippen LogP) is 9.48. The van der Waals surface area contributed by atoms with Crippen LogP contribution in [-0.2, 0) is 14.3 Å². The summed E-state index contributed by atoms with van der Waals surface area (Å²) in [4.78, 5) is 53.2. The number of pyridine rings is 2. The molecule has 6 aromatic rings. The number of nitrogens with one attached hydrogen (secondary N) is 4. The summed E-state index contributed by atoms with van der Waals surface area (Å²) < 4.78 is 60.5. The molecule has 0 aliphatic heterocycles. The van der Waals surface area contributed by atoms with Crippen LogP contribution in [0, 0.1) is 35.1 Å². The SMILES string of the molecule is C.CC.CC.COC(=O)CC(Nc1nc(-c2c[nH]c3ncc(F)cc23)ncc1F)C1CCC1.O=C(O)CC(Nc1nc(-c2c[nH]c3ncc(F)cc23)ncc1F)C1CCC1. The Morgan fingerprint density at radius 3 is 1.50 bits per heavy atom. The highest BCUT2D eigenvalue weighted by Crippen LogP contribution is 2.35. The smallest absolute Gasteiger partial charge is 0.307 e. The molecule has 2 unspecified atom stereocenters. The summed E-state index contributed by atoms with van der Waals surface area (Å²) >= 11 is 0. The zero-order valence-corrected chi connectivity index (χ0v) is 33.5. The van der Waals surface area contributed by atoms with Crippen molar-refractivity contribution in [2.24, 2.45) is 11.8 Å². The molecule has 2 aliphatic rings. The Balaban J connectivity index is 0.000000241. The molecule has 0 saturated heterocycles. The average Bonchev–Trinajstić information content (AvgIpc) is 3.80. The maximum Gasteiger partial charge on any atom is 0.307 e. The molecule has 18 heteroatoms. The fourth-order valence-corrected chi connectivity index (χ4v) is 6.68. The van der Waals surface area contributed by atoms with Gasteiger partial charge in [-0.2, -0.15) is 0 Å². The number of fused-ring (bicyclic) bond motifs is 2. The van der Waals surface area contributed by atoms with Gasteiger partial charge in [-0.15, -0.1) is 0 Å². The van der Waals surface area contributed by atoms with Crippen LogP contribution in [0.3, 0.4) is 0 Å². The summed E-state index contributed by atoms with van der Waals surface area (Å²) in [6.45, 7) is 8.00. The lowest BCUT2D eigenvalue weighted by Gasteiger charge is -2.34. The molecule has 5 N–H and O–H groups in total. The molecule has 0 amide bonds. The Morgan fingerprint density at radius 2 is 1.13 bits per heavy atom. The summed E-state index contributed by atoms with van der Waals surface area (Å²) in [5.74, 6) is -2.81. The van der Waals surface area contributed by atoms with Crippen LogP contribution in [0.15, 0.2) is 49.3 Å². The second-order valence-electron chi connectivity index (χ2n) is 13.5. The normalized spacial score (nSPS) is 14.3. The number of methoxy groups -OCH3 is 1. The Morgan fingerprint density at radius 1 is 0.717 bits per heavy atom. The van der Waals surface area contributed by atoms with Crippen molar-refractivity contribution in [2.75, 3.05) is 17.7 Å². The first kappa shape index (κ1) is 46.5. The predicted molar refractivity (Wildman–Crippen MR) is 222 cm³/mol. The zero-order chi connectivity index (χ0) is 42.6. The van der Waals surface area contributed by atoms with Gasteiger partial charge < -0.3 is 30.4 Å². The molecule has 14 nitrogen and oxygen atoms in total. The number of carboxylic acids is 1. The maximum absolute atomic E-state index is 14.4. The van der Waals surface area contributed by atoms with Gasteiger partial charge in [0.05, 0.1) is 44.7 Å². The Bertz CT molecular complexity index is 2350. The van der Waals surface area contributed by atoms with Crippen molar-refractivity contribution in [2.45, 2.75) is 98.6 Å². The van der Waals surface area contributed by atoms with Gasteiger partial charge in [-0.25, -0.2) is 47.5 Å². The highest BCUT2D eigenvalue weighted by Gasteiger charge is 2.32. The number of anilines is 2. The van der Waals surface area contributed by atoms with E-state index in [1.54, 1.807) is 12.4 Å². The third-order valence-corrected chi connectivity index (χ3v) is 10.1. The van der Waals surface area contributed by atoms with Crippen molar-refractivity contribution >= 4 is 45.6 Å². The molecule has 0 bridgehead atoms. The number of rotatable bonds is 12. The van der Waals surface area contributed by atoms with E-state index in [0.29, 0.717) is 33.2 Å². The maximum atomic E-state index is 14.4. The highest BCUT2D eigenvalue weighted by atomic mass is 19.1. The Kier molecular flexibility index (Phi) is 16.8. The van der Waals surface area contributed by atoms with E-state index in [2.05, 4.69) is 50.5 Å². The van der Waals surface area contributed by atoms with E-state index >= 15 is 0 Å². The Labute approximate surface area is 345 Å². The number of carbonyl (C=O) groups excluding carboxylic acids is 1. The van der Waals surface area contributed by atoms with Crippen LogP contribution in [0.2, 0.25) is 0 Å². The van der Waals surface area contributed by atoms with Crippen LogP contribution in [0.1, 0.15) is 86.5 Å². The van der Waals surface area contributed by atoms with Gasteiger partial charge in [-0.3, -0.25) is 9.59 Å². The van der Waals surface area contributed by atoms with Gasteiger partial charge in [-0.05, 0) is 49.7 Å². The van der Waals surface area contributed by atoms with Crippen LogP contribution in [0.5, 0.6) is 0 Å². The highest BCUT2D eigenvalue weighted by molar-refractivity contribution is 5.92. The summed E-state index contributed by atoms with van der Waals surface area (Å²) in [7, 11) is 1.33. The van der Waals surface area contributed by atoms with Crippen LogP contribution < -0.4 is 10.6 Å². The monoisotopic (exact) mass is 836 g/mol. The topological polar surface area (TPSA) is 197 Å². The standard InChI is InChI=1S/C19H19F2N5O2.C18H17F2N5O2.2C2H6.CH4/c1-28-16(27)6-15(10-3-2-4-10)25-19-14(21)9-24-18(26-19)13-8-23-17-12(13)5-11(20)7-22-17;19-10-4-11-12(7-22-16(11)21-6-10)17-23-8-13(20)18(25-17)24-14(5-15(26)27)9-2-1-3-9;2*1-2;/h5,7-10,15H,2-4,6H2,1H3,(H,22,23)(H,24,25,26);4,6-9,14H,1-3,5H2,(H,21,22)(H,26,27)(H,23,24,25);2*1-2H3;1H4.